The van der Waals surface area contributed by atoms with Crippen molar-refractivity contribution in [2.24, 2.45) is 39.6 Å². The van der Waals surface area contributed by atoms with E-state index in [2.05, 4.69) is 47.5 Å². The average molecular weight is 1060 g/mol. The highest BCUT2D eigenvalue weighted by atomic mass is 16.7. The lowest BCUT2D eigenvalue weighted by atomic mass is 9.78. The smallest absolute Gasteiger partial charge is 0.268 e. The summed E-state index contributed by atoms with van der Waals surface area (Å²) in [6.07, 6.45) is -3.72. The molecule has 7 amide bonds. The van der Waals surface area contributed by atoms with Gasteiger partial charge in [0, 0.05) is 62.6 Å². The number of nitrogens with zero attached hydrogens (tertiary/aromatic N) is 1. The van der Waals surface area contributed by atoms with Crippen molar-refractivity contribution in [3.63, 3.8) is 0 Å². The number of methoxy groups -OCH3 is 1. The Morgan fingerprint density at radius 1 is 0.813 bits per heavy atom. The molecular formula is C49H86N14O12. The van der Waals surface area contributed by atoms with Crippen LogP contribution in [-0.2, 0) is 44.3 Å². The minimum Gasteiger partial charge on any atom is -0.467 e. The number of guanidine groups is 1. The number of aliphatic imine (C=N–C) groups is 1. The van der Waals surface area contributed by atoms with Gasteiger partial charge in [-0.15, -0.1) is 0 Å². The molecule has 1 aromatic rings. The first-order valence-corrected chi connectivity index (χ1v) is 25.1. The molecule has 1 aliphatic rings. The summed E-state index contributed by atoms with van der Waals surface area (Å²) in [5.74, 6) is -6.48. The lowest BCUT2D eigenvalue weighted by Crippen LogP contribution is -2.64. The molecule has 26 nitrogen and oxygen atoms in total. The van der Waals surface area contributed by atoms with Gasteiger partial charge >= 0.3 is 0 Å². The number of hydrogen-bond acceptors (Lipinski definition) is 17. The van der Waals surface area contributed by atoms with Crippen LogP contribution in [0.1, 0.15) is 109 Å². The lowest BCUT2D eigenvalue weighted by molar-refractivity contribution is -0.136. The molecule has 0 saturated carbocycles. The fourth-order valence-electron chi connectivity index (χ4n) is 7.90. The summed E-state index contributed by atoms with van der Waals surface area (Å²) in [5.41, 5.74) is 28.1. The molecule has 0 radical (unpaired) electrons. The molecule has 1 aliphatic heterocycles. The van der Waals surface area contributed by atoms with Gasteiger partial charge in [-0.1, -0.05) is 61.5 Å². The van der Waals surface area contributed by atoms with E-state index < -0.39 is 132 Å². The zero-order valence-corrected chi connectivity index (χ0v) is 45.1. The quantitative estimate of drug-likeness (QED) is 0.0232. The molecule has 424 valence electrons. The maximum atomic E-state index is 14.5. The van der Waals surface area contributed by atoms with E-state index in [-0.39, 0.29) is 63.1 Å². The van der Waals surface area contributed by atoms with E-state index in [4.69, 9.17) is 38.1 Å². The van der Waals surface area contributed by atoms with E-state index in [1.54, 1.807) is 12.1 Å². The fraction of sp³-hybridized carbons (Fsp3) is 0.673. The van der Waals surface area contributed by atoms with Crippen LogP contribution >= 0.6 is 0 Å². The van der Waals surface area contributed by atoms with Gasteiger partial charge in [0.05, 0.1) is 18.2 Å². The Morgan fingerprint density at radius 3 is 1.88 bits per heavy atom. The van der Waals surface area contributed by atoms with Crippen LogP contribution in [0.2, 0.25) is 0 Å². The van der Waals surface area contributed by atoms with Crippen LogP contribution < -0.4 is 75.9 Å². The molecule has 1 saturated heterocycles. The second kappa shape index (κ2) is 30.5. The number of β-amino-alcohol motifs (C(OH)–C–C–N with tert-alkyl or cyclic N) is 1. The molecule has 21 N–H and O–H groups in total. The number of nitrogens with one attached hydrogen (secondary N) is 8. The number of ether oxygens (including phenoxy) is 2. The molecule has 0 aromatic heterocycles. The molecule has 1 fully saturated rings. The third kappa shape index (κ3) is 20.6. The molecule has 0 aliphatic carbocycles. The van der Waals surface area contributed by atoms with Crippen LogP contribution in [0.3, 0.4) is 0 Å². The largest absolute Gasteiger partial charge is 0.467 e. The van der Waals surface area contributed by atoms with Crippen LogP contribution in [0.4, 0.5) is 0 Å². The number of benzene rings is 1. The summed E-state index contributed by atoms with van der Waals surface area (Å²) in [7, 11) is 1.47. The Morgan fingerprint density at radius 2 is 1.37 bits per heavy atom. The SMILES string of the molecule is C/C=C1\NC(=O)C(NC(=O)c2cc(C(C)(C)C)c(OCOC)c(C(C)(C)C)c2)C(O)CNC(=O)C(C(O)CN)NC(=O)C(C(O)CN)NC(=O)[C@H](CCCN=C(N)N)NC[C@H](CC(C)C)NC(=O)[C@H](CCN)NC1=O. The first-order chi connectivity index (χ1) is 35.0. The van der Waals surface area contributed by atoms with Gasteiger partial charge in [-0.25, -0.2) is 0 Å². The van der Waals surface area contributed by atoms with Crippen molar-refractivity contribution < 1.29 is 58.4 Å². The number of nitrogens with two attached hydrogens (primary N) is 5. The topological polar surface area (TPSA) is 437 Å². The Balaban J connectivity index is 2.86. The van der Waals surface area contributed by atoms with Gasteiger partial charge in [0.1, 0.15) is 41.7 Å². The van der Waals surface area contributed by atoms with Crippen LogP contribution in [0.5, 0.6) is 5.75 Å². The van der Waals surface area contributed by atoms with Gasteiger partial charge in [-0.2, -0.15) is 0 Å². The molecule has 0 bridgehead atoms. The average Bonchev–Trinajstić information content (AvgIpc) is 3.33. The second-order valence-electron chi connectivity index (χ2n) is 20.8. The van der Waals surface area contributed by atoms with Gasteiger partial charge in [0.15, 0.2) is 12.8 Å². The first-order valence-electron chi connectivity index (χ1n) is 25.1. The van der Waals surface area contributed by atoms with E-state index >= 15 is 0 Å². The van der Waals surface area contributed by atoms with Crippen molar-refractivity contribution in [1.29, 1.82) is 0 Å². The maximum absolute atomic E-state index is 14.5. The van der Waals surface area contributed by atoms with E-state index in [0.29, 0.717) is 23.3 Å². The van der Waals surface area contributed by atoms with Gasteiger partial charge in [-0.05, 0) is 68.0 Å². The summed E-state index contributed by atoms with van der Waals surface area (Å²) in [5, 5.41) is 54.5. The monoisotopic (exact) mass is 1060 g/mol. The molecule has 0 spiro atoms. The van der Waals surface area contributed by atoms with E-state index in [1.807, 2.05) is 55.4 Å². The van der Waals surface area contributed by atoms with E-state index in [1.165, 1.54) is 20.1 Å². The summed E-state index contributed by atoms with van der Waals surface area (Å²) >= 11 is 0. The minimum atomic E-state index is -2.00. The van der Waals surface area contributed by atoms with Crippen molar-refractivity contribution >= 4 is 47.3 Å². The van der Waals surface area contributed by atoms with Crippen molar-refractivity contribution in [1.82, 2.24) is 42.5 Å². The number of aliphatic hydroxyl groups excluding tert-OH is 3. The van der Waals surface area contributed by atoms with Crippen LogP contribution in [0.25, 0.3) is 0 Å². The van der Waals surface area contributed by atoms with E-state index in [0.717, 1.165) is 0 Å². The highest BCUT2D eigenvalue weighted by Crippen LogP contribution is 2.41. The zero-order valence-electron chi connectivity index (χ0n) is 45.1. The second-order valence-corrected chi connectivity index (χ2v) is 20.8. The molecule has 6 unspecified atom stereocenters. The van der Waals surface area contributed by atoms with Gasteiger partial charge in [-0.3, -0.25) is 38.6 Å². The number of carbonyl (C=O) groups is 7. The maximum Gasteiger partial charge on any atom is 0.268 e. The molecule has 26 heteroatoms. The molecular weight excluding hydrogens is 977 g/mol. The highest BCUT2D eigenvalue weighted by Gasteiger charge is 2.38. The molecule has 9 atom stereocenters. The third-order valence-electron chi connectivity index (χ3n) is 12.0. The van der Waals surface area contributed by atoms with Crippen molar-refractivity contribution in [2.75, 3.05) is 53.2 Å². The van der Waals surface area contributed by atoms with Gasteiger partial charge in [0.25, 0.3) is 11.8 Å². The molecule has 75 heavy (non-hydrogen) atoms. The molecule has 1 aromatic carbocycles. The third-order valence-corrected chi connectivity index (χ3v) is 12.0. The predicted molar refractivity (Wildman–Crippen MR) is 281 cm³/mol. The summed E-state index contributed by atoms with van der Waals surface area (Å²) in [6, 6.07) is -5.60. The highest BCUT2D eigenvalue weighted by molar-refractivity contribution is 6.03. The Hall–Kier alpha value is -6.00. The summed E-state index contributed by atoms with van der Waals surface area (Å²) in [6.45, 7) is 14.6. The van der Waals surface area contributed by atoms with Crippen LogP contribution in [0, 0.1) is 5.92 Å². The zero-order chi connectivity index (χ0) is 57.0. The Kier molecular flexibility index (Phi) is 26.5. The first kappa shape index (κ1) is 65.1. The fourth-order valence-corrected chi connectivity index (χ4v) is 7.90. The number of rotatable bonds is 17. The summed E-state index contributed by atoms with van der Waals surface area (Å²) < 4.78 is 11.3. The standard InChI is InChI=1S/C49H86N14O12/c1-11-30-41(68)60-32(14-15-50)43(70)58-27(17-25(2)3)22-56-31(13-12-16-55-47(53)54)42(69)62-37(34(65)21-52)46(73)63-36(33(64)20-51)44(71)57-23-35(66)38(45(72)59-30)61-40(67)26-18-28(48(4,5)6)39(75-24-74-10)29(19-26)49(7,8)9/h11,18-19,25,27,31-38,56,64-66H,12-17,20-24,50-52H2,1-10H3,(H,57,71)(H,58,70)(H,59,72)(H,60,68)(H,61,67)(H,62,69)(H,63,73)(H4,53,54,55)/b30-11-/t27-,31-,32-,33?,34?,35?,36?,37?,38?/m0/s1. The predicted octanol–water partition coefficient (Wildman–Crippen LogP) is -4.14. The number of allylic oxidation sites excluding steroid dienone is 1. The van der Waals surface area contributed by atoms with Crippen LogP contribution in [0.15, 0.2) is 28.9 Å². The Bertz CT molecular complexity index is 2120. The normalized spacial score (nSPS) is 23.9. The number of aliphatic hydroxyl groups is 3. The van der Waals surface area contributed by atoms with Gasteiger partial charge < -0.3 is 96.0 Å². The number of hydrogen-bond donors (Lipinski definition) is 16. The van der Waals surface area contributed by atoms with Gasteiger partial charge in [0.2, 0.25) is 29.5 Å². The minimum absolute atomic E-state index is 0.0118. The molecule has 1 heterocycles. The number of amides is 7. The number of carbonyl (C=O) groups excluding carboxylic acids is 7. The van der Waals surface area contributed by atoms with Crippen LogP contribution in [-0.4, -0.2) is 170 Å². The summed E-state index contributed by atoms with van der Waals surface area (Å²) in [4.78, 5) is 103. The lowest BCUT2D eigenvalue weighted by Gasteiger charge is -2.31. The Labute approximate surface area is 439 Å². The molecule has 2 rings (SSSR count). The van der Waals surface area contributed by atoms with Crippen molar-refractivity contribution in [3.05, 3.63) is 40.6 Å². The van der Waals surface area contributed by atoms with E-state index in [9.17, 15) is 48.9 Å². The van der Waals surface area contributed by atoms with Crippen molar-refractivity contribution in [3.8, 4) is 5.75 Å². The van der Waals surface area contributed by atoms with Crippen molar-refractivity contribution in [2.45, 2.75) is 153 Å².